The summed E-state index contributed by atoms with van der Waals surface area (Å²) in [5.41, 5.74) is 1.45. The van der Waals surface area contributed by atoms with E-state index in [2.05, 4.69) is 9.97 Å². The highest BCUT2D eigenvalue weighted by Gasteiger charge is 2.17. The Bertz CT molecular complexity index is 625. The number of rotatable bonds is 5. The normalized spacial score (nSPS) is 10.5. The Morgan fingerprint density at radius 1 is 1.05 bits per heavy atom. The summed E-state index contributed by atoms with van der Waals surface area (Å²) in [4.78, 5) is 8.68. The molecule has 2 aromatic rings. The lowest BCUT2D eigenvalue weighted by molar-refractivity contribution is 0.356. The zero-order valence-electron chi connectivity index (χ0n) is 12.1. The van der Waals surface area contributed by atoms with Gasteiger partial charge in [-0.1, -0.05) is 42.6 Å². The lowest BCUT2D eigenvalue weighted by Gasteiger charge is -2.13. The lowest BCUT2D eigenvalue weighted by Crippen LogP contribution is -2.00. The van der Waals surface area contributed by atoms with Gasteiger partial charge in [0.2, 0.25) is 0 Å². The highest BCUT2D eigenvalue weighted by atomic mass is 35.5. The molecule has 0 N–H and O–H groups in total. The third-order valence-corrected chi connectivity index (χ3v) is 3.68. The SMILES string of the molecule is CCCc1c(Cl)nc(-c2cccc(OC)c2OC)nc1Cl. The molecule has 0 radical (unpaired) electrons. The Hall–Kier alpha value is -1.52. The minimum Gasteiger partial charge on any atom is -0.493 e. The van der Waals surface area contributed by atoms with Crippen LogP contribution >= 0.6 is 23.2 Å². The number of hydrogen-bond acceptors (Lipinski definition) is 4. The summed E-state index contributed by atoms with van der Waals surface area (Å²) in [6.45, 7) is 2.05. The van der Waals surface area contributed by atoms with Crippen molar-refractivity contribution in [1.82, 2.24) is 9.97 Å². The Labute approximate surface area is 134 Å². The molecule has 0 saturated carbocycles. The lowest BCUT2D eigenvalue weighted by atomic mass is 10.1. The van der Waals surface area contributed by atoms with Gasteiger partial charge in [-0.25, -0.2) is 9.97 Å². The number of ether oxygens (including phenoxy) is 2. The number of benzene rings is 1. The molecule has 0 amide bonds. The van der Waals surface area contributed by atoms with E-state index in [0.29, 0.717) is 33.2 Å². The number of nitrogens with zero attached hydrogens (tertiary/aromatic N) is 2. The summed E-state index contributed by atoms with van der Waals surface area (Å²) in [5.74, 6) is 1.57. The highest BCUT2D eigenvalue weighted by Crippen LogP contribution is 2.37. The third kappa shape index (κ3) is 3.22. The van der Waals surface area contributed by atoms with Gasteiger partial charge in [0.1, 0.15) is 10.3 Å². The van der Waals surface area contributed by atoms with Gasteiger partial charge < -0.3 is 9.47 Å². The second kappa shape index (κ2) is 6.96. The molecule has 0 saturated heterocycles. The molecule has 6 heteroatoms. The van der Waals surface area contributed by atoms with Crippen LogP contribution in [-0.2, 0) is 6.42 Å². The quantitative estimate of drug-likeness (QED) is 0.763. The van der Waals surface area contributed by atoms with E-state index in [1.807, 2.05) is 19.1 Å². The second-order valence-corrected chi connectivity index (χ2v) is 5.11. The van der Waals surface area contributed by atoms with Gasteiger partial charge in [0.25, 0.3) is 0 Å². The van der Waals surface area contributed by atoms with E-state index in [9.17, 15) is 0 Å². The van der Waals surface area contributed by atoms with E-state index in [1.165, 1.54) is 0 Å². The van der Waals surface area contributed by atoms with Crippen molar-refractivity contribution in [3.05, 3.63) is 34.1 Å². The zero-order valence-corrected chi connectivity index (χ0v) is 13.6. The fourth-order valence-electron chi connectivity index (χ4n) is 2.07. The Kier molecular flexibility index (Phi) is 5.26. The molecular formula is C15H16Cl2N2O2. The van der Waals surface area contributed by atoms with Gasteiger partial charge in [-0.15, -0.1) is 0 Å². The van der Waals surface area contributed by atoms with Crippen LogP contribution in [0.3, 0.4) is 0 Å². The number of methoxy groups -OCH3 is 2. The van der Waals surface area contributed by atoms with Crippen molar-refractivity contribution < 1.29 is 9.47 Å². The first kappa shape index (κ1) is 15.9. The Balaban J connectivity index is 2.58. The molecular weight excluding hydrogens is 311 g/mol. The molecule has 0 atom stereocenters. The first-order valence-corrected chi connectivity index (χ1v) is 7.31. The van der Waals surface area contributed by atoms with Gasteiger partial charge in [0.15, 0.2) is 17.3 Å². The van der Waals surface area contributed by atoms with Crippen molar-refractivity contribution in [3.63, 3.8) is 0 Å². The van der Waals surface area contributed by atoms with Crippen LogP contribution in [-0.4, -0.2) is 24.2 Å². The predicted octanol–water partition coefficient (Wildman–Crippen LogP) is 4.42. The van der Waals surface area contributed by atoms with Crippen molar-refractivity contribution in [3.8, 4) is 22.9 Å². The zero-order chi connectivity index (χ0) is 15.4. The molecule has 1 aromatic carbocycles. The van der Waals surface area contributed by atoms with Crippen molar-refractivity contribution in [1.29, 1.82) is 0 Å². The largest absolute Gasteiger partial charge is 0.493 e. The van der Waals surface area contributed by atoms with Gasteiger partial charge in [-0.2, -0.15) is 0 Å². The number of hydrogen-bond donors (Lipinski definition) is 0. The summed E-state index contributed by atoms with van der Waals surface area (Å²) in [5, 5.41) is 0.744. The monoisotopic (exact) mass is 326 g/mol. The molecule has 0 bridgehead atoms. The summed E-state index contributed by atoms with van der Waals surface area (Å²) in [7, 11) is 3.14. The van der Waals surface area contributed by atoms with Crippen molar-refractivity contribution >= 4 is 23.2 Å². The van der Waals surface area contributed by atoms with Crippen LogP contribution in [0, 0.1) is 0 Å². The summed E-state index contributed by atoms with van der Waals surface area (Å²) in [6.07, 6.45) is 1.66. The van der Waals surface area contributed by atoms with Crippen LogP contribution in [0.2, 0.25) is 10.3 Å². The van der Waals surface area contributed by atoms with Crippen LogP contribution in [0.5, 0.6) is 11.5 Å². The molecule has 0 fully saturated rings. The molecule has 0 aliphatic heterocycles. The van der Waals surface area contributed by atoms with Gasteiger partial charge >= 0.3 is 0 Å². The predicted molar refractivity (Wildman–Crippen MR) is 84.6 cm³/mol. The van der Waals surface area contributed by atoms with Gasteiger partial charge in [0.05, 0.1) is 19.8 Å². The van der Waals surface area contributed by atoms with Crippen LogP contribution in [0.25, 0.3) is 11.4 Å². The van der Waals surface area contributed by atoms with E-state index in [1.54, 1.807) is 20.3 Å². The minimum atomic E-state index is 0.372. The highest BCUT2D eigenvalue weighted by molar-refractivity contribution is 6.34. The van der Waals surface area contributed by atoms with Crippen LogP contribution in [0.4, 0.5) is 0 Å². The molecule has 1 aromatic heterocycles. The van der Waals surface area contributed by atoms with Gasteiger partial charge in [-0.05, 0) is 18.6 Å². The topological polar surface area (TPSA) is 44.2 Å². The summed E-state index contributed by atoms with van der Waals surface area (Å²) >= 11 is 12.4. The van der Waals surface area contributed by atoms with E-state index < -0.39 is 0 Å². The van der Waals surface area contributed by atoms with Crippen LogP contribution in [0.1, 0.15) is 18.9 Å². The van der Waals surface area contributed by atoms with E-state index in [-0.39, 0.29) is 0 Å². The number of aromatic nitrogens is 2. The third-order valence-electron chi connectivity index (χ3n) is 3.05. The summed E-state index contributed by atoms with van der Waals surface area (Å²) in [6, 6.07) is 5.47. The molecule has 0 aliphatic carbocycles. The fraction of sp³-hybridized carbons (Fsp3) is 0.333. The molecule has 112 valence electrons. The molecule has 4 nitrogen and oxygen atoms in total. The molecule has 0 unspecified atom stereocenters. The average molecular weight is 327 g/mol. The molecule has 0 spiro atoms. The first-order valence-electron chi connectivity index (χ1n) is 6.55. The average Bonchev–Trinajstić information content (AvgIpc) is 2.49. The Morgan fingerprint density at radius 3 is 2.24 bits per heavy atom. The number of para-hydroxylation sites is 1. The smallest absolute Gasteiger partial charge is 0.171 e. The first-order chi connectivity index (χ1) is 10.1. The maximum Gasteiger partial charge on any atom is 0.171 e. The fourth-order valence-corrected chi connectivity index (χ4v) is 2.65. The van der Waals surface area contributed by atoms with Crippen molar-refractivity contribution in [2.75, 3.05) is 14.2 Å². The molecule has 0 aliphatic rings. The Morgan fingerprint density at radius 2 is 1.71 bits per heavy atom. The van der Waals surface area contributed by atoms with E-state index in [0.717, 1.165) is 18.4 Å². The van der Waals surface area contributed by atoms with Gasteiger partial charge in [-0.3, -0.25) is 0 Å². The molecule has 2 rings (SSSR count). The van der Waals surface area contributed by atoms with E-state index >= 15 is 0 Å². The maximum absolute atomic E-state index is 6.22. The van der Waals surface area contributed by atoms with Crippen LogP contribution in [0.15, 0.2) is 18.2 Å². The molecule has 1 heterocycles. The number of halogens is 2. The standard InChI is InChI=1S/C15H16Cl2N2O2/c1-4-6-10-13(16)18-15(19-14(10)17)9-7-5-8-11(20-2)12(9)21-3/h5,7-8H,4,6H2,1-3H3. The van der Waals surface area contributed by atoms with Gasteiger partial charge in [0, 0.05) is 5.56 Å². The van der Waals surface area contributed by atoms with Crippen LogP contribution < -0.4 is 9.47 Å². The maximum atomic E-state index is 6.22. The minimum absolute atomic E-state index is 0.372. The van der Waals surface area contributed by atoms with Crippen molar-refractivity contribution in [2.45, 2.75) is 19.8 Å². The second-order valence-electron chi connectivity index (χ2n) is 4.40. The van der Waals surface area contributed by atoms with Crippen molar-refractivity contribution in [2.24, 2.45) is 0 Å². The van der Waals surface area contributed by atoms with E-state index in [4.69, 9.17) is 32.7 Å². The summed E-state index contributed by atoms with van der Waals surface area (Å²) < 4.78 is 10.7. The molecule has 21 heavy (non-hydrogen) atoms.